The molecule has 1 aromatic carbocycles. The third kappa shape index (κ3) is 3.71. The largest absolute Gasteiger partial charge is 0.508 e. The molecule has 0 radical (unpaired) electrons. The van der Waals surface area contributed by atoms with Gasteiger partial charge in [-0.05, 0) is 61.8 Å². The molecule has 112 valence electrons. The number of phenolic OH excluding ortho intramolecular Hbond substituents is 1. The molecule has 1 aromatic rings. The Hall–Kier alpha value is -1.66. The second-order valence-corrected chi connectivity index (χ2v) is 6.09. The van der Waals surface area contributed by atoms with Crippen LogP contribution in [-0.4, -0.2) is 47.0 Å². The number of rotatable bonds is 3. The van der Waals surface area contributed by atoms with Crippen LogP contribution in [-0.2, 0) is 0 Å². The van der Waals surface area contributed by atoms with Crippen LogP contribution in [0, 0.1) is 5.92 Å². The van der Waals surface area contributed by atoms with Crippen LogP contribution in [0.15, 0.2) is 29.4 Å². The van der Waals surface area contributed by atoms with E-state index in [9.17, 15) is 5.11 Å². The van der Waals surface area contributed by atoms with Gasteiger partial charge in [0.2, 0.25) is 0 Å². The van der Waals surface area contributed by atoms with Crippen LogP contribution < -0.4 is 10.7 Å². The van der Waals surface area contributed by atoms with E-state index >= 15 is 0 Å². The molecule has 3 aliphatic rings. The molecule has 4 rings (SSSR count). The van der Waals surface area contributed by atoms with Gasteiger partial charge < -0.3 is 15.3 Å². The SMILES string of the molecule is Oc1cccc(/C=N\NC(=S)NC2CN3CCC2CC3)c1. The number of hydrogen-bond acceptors (Lipinski definition) is 4. The zero-order valence-corrected chi connectivity index (χ0v) is 12.6. The van der Waals surface area contributed by atoms with Gasteiger partial charge in [0.1, 0.15) is 5.75 Å². The molecule has 5 nitrogen and oxygen atoms in total. The van der Waals surface area contributed by atoms with Crippen molar-refractivity contribution in [3.8, 4) is 5.75 Å². The van der Waals surface area contributed by atoms with E-state index < -0.39 is 0 Å². The van der Waals surface area contributed by atoms with Crippen LogP contribution in [0.25, 0.3) is 0 Å². The summed E-state index contributed by atoms with van der Waals surface area (Å²) in [5.74, 6) is 0.955. The van der Waals surface area contributed by atoms with Crippen molar-refractivity contribution in [2.24, 2.45) is 11.0 Å². The second-order valence-electron chi connectivity index (χ2n) is 5.68. The lowest BCUT2D eigenvalue weighted by Gasteiger charge is -2.45. The smallest absolute Gasteiger partial charge is 0.187 e. The van der Waals surface area contributed by atoms with Crippen LogP contribution in [0.5, 0.6) is 5.75 Å². The number of fused-ring (bicyclic) bond motifs is 3. The number of phenols is 1. The zero-order chi connectivity index (χ0) is 14.7. The molecule has 3 fully saturated rings. The van der Waals surface area contributed by atoms with E-state index in [1.165, 1.54) is 25.9 Å². The number of aromatic hydroxyl groups is 1. The molecule has 0 saturated carbocycles. The molecule has 3 heterocycles. The van der Waals surface area contributed by atoms with E-state index in [0.29, 0.717) is 11.2 Å². The van der Waals surface area contributed by atoms with Crippen molar-refractivity contribution >= 4 is 23.5 Å². The first kappa shape index (κ1) is 14.3. The Bertz CT molecular complexity index is 540. The lowest BCUT2D eigenvalue weighted by atomic mass is 9.84. The van der Waals surface area contributed by atoms with Crippen LogP contribution in [0.4, 0.5) is 0 Å². The summed E-state index contributed by atoms with van der Waals surface area (Å²) < 4.78 is 0. The third-order valence-electron chi connectivity index (χ3n) is 4.22. The zero-order valence-electron chi connectivity index (χ0n) is 11.8. The van der Waals surface area contributed by atoms with E-state index in [-0.39, 0.29) is 5.75 Å². The molecule has 1 atom stereocenters. The Morgan fingerprint density at radius 1 is 1.38 bits per heavy atom. The summed E-state index contributed by atoms with van der Waals surface area (Å²) in [6, 6.07) is 7.36. The highest BCUT2D eigenvalue weighted by Gasteiger charge is 2.34. The van der Waals surface area contributed by atoms with Crippen LogP contribution >= 0.6 is 12.2 Å². The minimum absolute atomic E-state index is 0.229. The monoisotopic (exact) mass is 304 g/mol. The summed E-state index contributed by atoms with van der Waals surface area (Å²) in [5.41, 5.74) is 3.67. The molecule has 1 unspecified atom stereocenters. The van der Waals surface area contributed by atoms with Crippen molar-refractivity contribution in [3.05, 3.63) is 29.8 Å². The second kappa shape index (κ2) is 6.41. The first-order chi connectivity index (χ1) is 10.2. The quantitative estimate of drug-likeness (QED) is 0.446. The number of piperidine rings is 3. The highest BCUT2D eigenvalue weighted by molar-refractivity contribution is 7.80. The maximum absolute atomic E-state index is 9.37. The first-order valence-corrected chi connectivity index (χ1v) is 7.72. The van der Waals surface area contributed by atoms with Gasteiger partial charge in [-0.2, -0.15) is 5.10 Å². The van der Waals surface area contributed by atoms with Gasteiger partial charge in [-0.3, -0.25) is 5.43 Å². The molecule has 0 aromatic heterocycles. The number of nitrogens with zero attached hydrogens (tertiary/aromatic N) is 2. The summed E-state index contributed by atoms with van der Waals surface area (Å²) in [4.78, 5) is 2.48. The average Bonchev–Trinajstić information content (AvgIpc) is 2.48. The highest BCUT2D eigenvalue weighted by Crippen LogP contribution is 2.27. The average molecular weight is 304 g/mol. The Labute approximate surface area is 130 Å². The van der Waals surface area contributed by atoms with Gasteiger partial charge in [-0.1, -0.05) is 12.1 Å². The molecule has 0 aliphatic carbocycles. The molecular weight excluding hydrogens is 284 g/mol. The van der Waals surface area contributed by atoms with Crippen molar-refractivity contribution in [1.29, 1.82) is 0 Å². The fourth-order valence-corrected chi connectivity index (χ4v) is 3.30. The summed E-state index contributed by atoms with van der Waals surface area (Å²) in [6.07, 6.45) is 4.16. The summed E-state index contributed by atoms with van der Waals surface area (Å²) >= 11 is 5.29. The maximum Gasteiger partial charge on any atom is 0.187 e. The lowest BCUT2D eigenvalue weighted by molar-refractivity contribution is 0.0812. The maximum atomic E-state index is 9.37. The molecule has 3 saturated heterocycles. The summed E-state index contributed by atoms with van der Waals surface area (Å²) in [6.45, 7) is 3.51. The van der Waals surface area contributed by atoms with Gasteiger partial charge in [0.25, 0.3) is 0 Å². The Morgan fingerprint density at radius 3 is 2.86 bits per heavy atom. The normalized spacial score (nSPS) is 27.7. The van der Waals surface area contributed by atoms with Crippen molar-refractivity contribution in [2.45, 2.75) is 18.9 Å². The Balaban J connectivity index is 1.48. The lowest BCUT2D eigenvalue weighted by Crippen LogP contribution is -2.58. The van der Waals surface area contributed by atoms with Crippen LogP contribution in [0.2, 0.25) is 0 Å². The standard InChI is InChI=1S/C15H20N4OS/c20-13-3-1-2-11(8-13)9-16-18-15(21)17-14-10-19-6-4-12(14)5-7-19/h1-3,8-9,12,14,20H,4-7,10H2,(H2,17,18,21)/b16-9-. The number of hydrazone groups is 1. The molecule has 3 N–H and O–H groups in total. The van der Waals surface area contributed by atoms with Gasteiger partial charge in [-0.25, -0.2) is 0 Å². The van der Waals surface area contributed by atoms with Crippen molar-refractivity contribution in [1.82, 2.24) is 15.6 Å². The fourth-order valence-electron chi connectivity index (χ4n) is 3.10. The van der Waals surface area contributed by atoms with Gasteiger partial charge in [0.05, 0.1) is 6.21 Å². The van der Waals surface area contributed by atoms with Crippen LogP contribution in [0.1, 0.15) is 18.4 Å². The van der Waals surface area contributed by atoms with Crippen molar-refractivity contribution < 1.29 is 5.11 Å². The van der Waals surface area contributed by atoms with Crippen molar-refractivity contribution in [3.63, 3.8) is 0 Å². The predicted octanol–water partition coefficient (Wildman–Crippen LogP) is 1.28. The van der Waals surface area contributed by atoms with Crippen molar-refractivity contribution in [2.75, 3.05) is 19.6 Å². The molecule has 3 aliphatic heterocycles. The van der Waals surface area contributed by atoms with E-state index in [1.54, 1.807) is 24.4 Å². The Kier molecular flexibility index (Phi) is 4.36. The van der Waals surface area contributed by atoms with E-state index in [4.69, 9.17) is 12.2 Å². The molecule has 21 heavy (non-hydrogen) atoms. The minimum Gasteiger partial charge on any atom is -0.508 e. The van der Waals surface area contributed by atoms with Gasteiger partial charge >= 0.3 is 0 Å². The van der Waals surface area contributed by atoms with Gasteiger partial charge in [0, 0.05) is 12.6 Å². The fraction of sp³-hybridized carbons (Fsp3) is 0.467. The molecular formula is C15H20N4OS. The number of benzene rings is 1. The minimum atomic E-state index is 0.229. The van der Waals surface area contributed by atoms with Crippen LogP contribution in [0.3, 0.4) is 0 Å². The third-order valence-corrected chi connectivity index (χ3v) is 4.43. The predicted molar refractivity (Wildman–Crippen MR) is 87.5 cm³/mol. The molecule has 2 bridgehead atoms. The van der Waals surface area contributed by atoms with Gasteiger partial charge in [0.15, 0.2) is 5.11 Å². The number of hydrogen-bond donors (Lipinski definition) is 3. The first-order valence-electron chi connectivity index (χ1n) is 7.32. The molecule has 0 amide bonds. The van der Waals surface area contributed by atoms with E-state index in [2.05, 4.69) is 20.7 Å². The van der Waals surface area contributed by atoms with E-state index in [1.807, 2.05) is 6.07 Å². The topological polar surface area (TPSA) is 59.9 Å². The molecule has 0 spiro atoms. The number of nitrogens with one attached hydrogen (secondary N) is 2. The van der Waals surface area contributed by atoms with Gasteiger partial charge in [-0.15, -0.1) is 0 Å². The molecule has 6 heteroatoms. The Morgan fingerprint density at radius 2 is 2.19 bits per heavy atom. The highest BCUT2D eigenvalue weighted by atomic mass is 32.1. The summed E-state index contributed by atoms with van der Waals surface area (Å²) in [5, 5.41) is 17.4. The summed E-state index contributed by atoms with van der Waals surface area (Å²) in [7, 11) is 0. The number of thiocarbonyl (C=S) groups is 1. The van der Waals surface area contributed by atoms with E-state index in [0.717, 1.165) is 18.0 Å².